The third-order valence-electron chi connectivity index (χ3n) is 5.98. The molecular weight excluding hydrogens is 462 g/mol. The first-order valence-corrected chi connectivity index (χ1v) is 13.0. The molecule has 0 aliphatic carbocycles. The van der Waals surface area contributed by atoms with E-state index < -0.39 is 10.0 Å². The van der Waals surface area contributed by atoms with E-state index in [4.69, 9.17) is 4.74 Å². The summed E-state index contributed by atoms with van der Waals surface area (Å²) in [6, 6.07) is 24.2. The van der Waals surface area contributed by atoms with Crippen LogP contribution in [0.3, 0.4) is 0 Å². The fourth-order valence-electron chi connectivity index (χ4n) is 3.90. The number of hydrogen-bond acceptors (Lipinski definition) is 5. The molecule has 1 N–H and O–H groups in total. The number of aryl methyl sites for hydroxylation is 1. The quantitative estimate of drug-likeness (QED) is 0.379. The van der Waals surface area contributed by atoms with Crippen molar-refractivity contribution in [3.8, 4) is 5.75 Å². The van der Waals surface area contributed by atoms with E-state index in [1.165, 1.54) is 4.31 Å². The van der Waals surface area contributed by atoms with Gasteiger partial charge in [-0.1, -0.05) is 60.2 Å². The fourth-order valence-corrected chi connectivity index (χ4v) is 5.37. The fraction of sp³-hybridized carbons (Fsp3) is 0.259. The Morgan fingerprint density at radius 2 is 1.74 bits per heavy atom. The summed E-state index contributed by atoms with van der Waals surface area (Å²) in [7, 11) is -3.55. The molecule has 0 saturated carbocycles. The SMILES string of the molecule is Cc1ccc(S(=O)(=O)N2CCC(C(=O)N/N=C\c3cccc(OCc4ccccc4)c3)CC2)cc1. The van der Waals surface area contributed by atoms with Gasteiger partial charge in [0, 0.05) is 19.0 Å². The third kappa shape index (κ3) is 6.55. The number of sulfonamides is 1. The molecule has 1 amide bonds. The van der Waals surface area contributed by atoms with Crippen LogP contribution >= 0.6 is 0 Å². The van der Waals surface area contributed by atoms with E-state index >= 15 is 0 Å². The molecule has 182 valence electrons. The number of rotatable bonds is 8. The predicted molar refractivity (Wildman–Crippen MR) is 136 cm³/mol. The van der Waals surface area contributed by atoms with Crippen LogP contribution in [0.15, 0.2) is 88.9 Å². The van der Waals surface area contributed by atoms with Crippen LogP contribution in [0.4, 0.5) is 0 Å². The van der Waals surface area contributed by atoms with E-state index in [0.29, 0.717) is 38.3 Å². The summed E-state index contributed by atoms with van der Waals surface area (Å²) in [6.45, 7) is 2.99. The van der Waals surface area contributed by atoms with Gasteiger partial charge in [-0.25, -0.2) is 13.8 Å². The topological polar surface area (TPSA) is 88.1 Å². The van der Waals surface area contributed by atoms with Crippen molar-refractivity contribution in [2.45, 2.75) is 31.3 Å². The van der Waals surface area contributed by atoms with Gasteiger partial charge < -0.3 is 4.74 Å². The number of carbonyl (C=O) groups excluding carboxylic acids is 1. The van der Waals surface area contributed by atoms with E-state index in [1.54, 1.807) is 30.5 Å². The van der Waals surface area contributed by atoms with Crippen LogP contribution in [0.25, 0.3) is 0 Å². The second-order valence-corrected chi connectivity index (χ2v) is 10.5. The summed E-state index contributed by atoms with van der Waals surface area (Å²) in [5.74, 6) is 0.230. The Morgan fingerprint density at radius 1 is 1.03 bits per heavy atom. The predicted octanol–water partition coefficient (Wildman–Crippen LogP) is 4.13. The first-order chi connectivity index (χ1) is 16.9. The number of nitrogens with zero attached hydrogens (tertiary/aromatic N) is 2. The summed E-state index contributed by atoms with van der Waals surface area (Å²) in [5.41, 5.74) is 5.48. The molecule has 0 aromatic heterocycles. The van der Waals surface area contributed by atoms with Crippen LogP contribution in [-0.4, -0.2) is 37.9 Å². The van der Waals surface area contributed by atoms with Crippen molar-refractivity contribution in [1.29, 1.82) is 0 Å². The van der Waals surface area contributed by atoms with Gasteiger partial charge in [0.2, 0.25) is 15.9 Å². The summed E-state index contributed by atoms with van der Waals surface area (Å²) < 4.78 is 33.0. The number of carbonyl (C=O) groups is 1. The lowest BCUT2D eigenvalue weighted by Gasteiger charge is -2.30. The first kappa shape index (κ1) is 24.6. The maximum absolute atomic E-state index is 12.9. The average Bonchev–Trinajstić information content (AvgIpc) is 2.88. The Labute approximate surface area is 206 Å². The number of amides is 1. The Morgan fingerprint density at radius 3 is 2.46 bits per heavy atom. The molecule has 0 spiro atoms. The second-order valence-electron chi connectivity index (χ2n) is 8.57. The molecule has 1 aliphatic rings. The Hall–Kier alpha value is -3.49. The van der Waals surface area contributed by atoms with Crippen molar-refractivity contribution in [2.24, 2.45) is 11.0 Å². The van der Waals surface area contributed by atoms with Gasteiger partial charge in [0.1, 0.15) is 12.4 Å². The van der Waals surface area contributed by atoms with Gasteiger partial charge in [-0.3, -0.25) is 4.79 Å². The lowest BCUT2D eigenvalue weighted by Crippen LogP contribution is -2.42. The Balaban J connectivity index is 1.26. The van der Waals surface area contributed by atoms with E-state index in [9.17, 15) is 13.2 Å². The van der Waals surface area contributed by atoms with Gasteiger partial charge in [-0.2, -0.15) is 9.41 Å². The normalized spacial score (nSPS) is 15.2. The lowest BCUT2D eigenvalue weighted by atomic mass is 9.98. The molecule has 0 bridgehead atoms. The first-order valence-electron chi connectivity index (χ1n) is 11.6. The molecule has 0 atom stereocenters. The van der Waals surface area contributed by atoms with Gasteiger partial charge in [0.25, 0.3) is 0 Å². The van der Waals surface area contributed by atoms with E-state index in [0.717, 1.165) is 16.7 Å². The van der Waals surface area contributed by atoms with Crippen molar-refractivity contribution < 1.29 is 17.9 Å². The van der Waals surface area contributed by atoms with Crippen molar-refractivity contribution >= 4 is 22.1 Å². The summed E-state index contributed by atoms with van der Waals surface area (Å²) in [5, 5.41) is 4.09. The highest BCUT2D eigenvalue weighted by molar-refractivity contribution is 7.89. The van der Waals surface area contributed by atoms with Crippen molar-refractivity contribution in [3.05, 3.63) is 95.6 Å². The standard InChI is InChI=1S/C27H29N3O4S/c1-21-10-12-26(13-11-21)35(32,33)30-16-14-24(15-17-30)27(31)29-28-19-23-8-5-9-25(18-23)34-20-22-6-3-2-4-7-22/h2-13,18-19,24H,14-17,20H2,1H3,(H,29,31)/b28-19-. The summed E-state index contributed by atoms with van der Waals surface area (Å²) in [4.78, 5) is 12.8. The maximum Gasteiger partial charge on any atom is 0.243 e. The molecule has 1 fully saturated rings. The molecule has 0 unspecified atom stereocenters. The van der Waals surface area contributed by atoms with Crippen LogP contribution in [0, 0.1) is 12.8 Å². The molecule has 1 aliphatic heterocycles. The number of piperidine rings is 1. The minimum atomic E-state index is -3.55. The largest absolute Gasteiger partial charge is 0.489 e. The number of nitrogens with one attached hydrogen (secondary N) is 1. The van der Waals surface area contributed by atoms with Crippen LogP contribution in [0.2, 0.25) is 0 Å². The highest BCUT2D eigenvalue weighted by Gasteiger charge is 2.32. The highest BCUT2D eigenvalue weighted by Crippen LogP contribution is 2.24. The van der Waals surface area contributed by atoms with E-state index in [-0.39, 0.29) is 16.7 Å². The molecule has 35 heavy (non-hydrogen) atoms. The molecule has 1 saturated heterocycles. The summed E-state index contributed by atoms with van der Waals surface area (Å²) >= 11 is 0. The minimum Gasteiger partial charge on any atom is -0.489 e. The second kappa shape index (κ2) is 11.3. The lowest BCUT2D eigenvalue weighted by molar-refractivity contribution is -0.126. The van der Waals surface area contributed by atoms with Crippen molar-refractivity contribution in [2.75, 3.05) is 13.1 Å². The maximum atomic E-state index is 12.9. The number of hydrazone groups is 1. The van der Waals surface area contributed by atoms with Gasteiger partial charge in [-0.05, 0) is 55.2 Å². The van der Waals surface area contributed by atoms with Crippen molar-refractivity contribution in [1.82, 2.24) is 9.73 Å². The van der Waals surface area contributed by atoms with E-state index in [1.807, 2.05) is 61.5 Å². The van der Waals surface area contributed by atoms with Crippen LogP contribution in [0.1, 0.15) is 29.5 Å². The molecule has 0 radical (unpaired) electrons. The highest BCUT2D eigenvalue weighted by atomic mass is 32.2. The van der Waals surface area contributed by atoms with Crippen molar-refractivity contribution in [3.63, 3.8) is 0 Å². The molecule has 8 heteroatoms. The zero-order chi connectivity index (χ0) is 24.7. The molecular formula is C27H29N3O4S. The average molecular weight is 492 g/mol. The Bertz CT molecular complexity index is 1270. The molecule has 1 heterocycles. The van der Waals surface area contributed by atoms with Gasteiger partial charge in [0.15, 0.2) is 0 Å². The Kier molecular flexibility index (Phi) is 7.94. The molecule has 7 nitrogen and oxygen atoms in total. The molecule has 3 aromatic rings. The number of benzene rings is 3. The number of ether oxygens (including phenoxy) is 1. The third-order valence-corrected chi connectivity index (χ3v) is 7.89. The van der Waals surface area contributed by atoms with E-state index in [2.05, 4.69) is 10.5 Å². The summed E-state index contributed by atoms with van der Waals surface area (Å²) in [6.07, 6.45) is 2.48. The molecule has 4 rings (SSSR count). The smallest absolute Gasteiger partial charge is 0.243 e. The molecule has 3 aromatic carbocycles. The van der Waals surface area contributed by atoms with Crippen LogP contribution < -0.4 is 10.2 Å². The monoisotopic (exact) mass is 491 g/mol. The van der Waals surface area contributed by atoms with Crippen LogP contribution in [-0.2, 0) is 21.4 Å². The van der Waals surface area contributed by atoms with Crippen LogP contribution in [0.5, 0.6) is 5.75 Å². The zero-order valence-corrected chi connectivity index (χ0v) is 20.4. The van der Waals surface area contributed by atoms with Gasteiger partial charge in [-0.15, -0.1) is 0 Å². The number of hydrogen-bond donors (Lipinski definition) is 1. The van der Waals surface area contributed by atoms with Gasteiger partial charge in [0.05, 0.1) is 11.1 Å². The zero-order valence-electron chi connectivity index (χ0n) is 19.6. The minimum absolute atomic E-state index is 0.204. The van der Waals surface area contributed by atoms with Gasteiger partial charge >= 0.3 is 0 Å².